The summed E-state index contributed by atoms with van der Waals surface area (Å²) in [6.45, 7) is 7.41. The number of aliphatic hydroxyl groups excluding tert-OH is 1. The summed E-state index contributed by atoms with van der Waals surface area (Å²) in [7, 11) is 0. The van der Waals surface area contributed by atoms with Crippen molar-refractivity contribution < 1.29 is 84.6 Å². The number of anilines is 1. The number of benzene rings is 8. The van der Waals surface area contributed by atoms with Crippen molar-refractivity contribution >= 4 is 69.6 Å². The smallest absolute Gasteiger partial charge is 0.338 e. The Morgan fingerprint density at radius 1 is 0.565 bits per heavy atom. The molecule has 0 saturated carbocycles. The average molecular weight is 1310 g/mol. The number of esters is 2. The SMILES string of the molecule is CC(=O)O.CC(=O)OCCn1c(Cc2ccc(-c3ccc(F)c(OCc4ccc(Cl)cc4F)c3)cc2F)nc2ccc(C(=O)O)cc21.CC(C)(C)OC(=O)c1ccc(CC(=O)Cc2ccc(-c3ccc(F)c(OCc4ccc(Cl)cc4F)c3)cc2F)c(NCCO)c1. The lowest BCUT2D eigenvalue weighted by atomic mass is 9.97. The van der Waals surface area contributed by atoms with Crippen LogP contribution in [-0.4, -0.2) is 79.9 Å². The second-order valence-electron chi connectivity index (χ2n) is 21.6. The number of nitrogens with one attached hydrogen (secondary N) is 1. The molecule has 0 aliphatic carbocycles. The first-order valence-corrected chi connectivity index (χ1v) is 29.0. The number of halogens is 8. The van der Waals surface area contributed by atoms with Crippen LogP contribution in [-0.2, 0) is 62.9 Å². The van der Waals surface area contributed by atoms with Crippen LogP contribution in [0.25, 0.3) is 33.3 Å². The Labute approximate surface area is 534 Å². The molecule has 15 nitrogen and oxygen atoms in total. The average Bonchev–Trinajstić information content (AvgIpc) is 1.62. The second kappa shape index (κ2) is 31.8. The molecule has 9 rings (SSSR count). The number of aromatic carboxylic acids is 1. The number of ketones is 1. The van der Waals surface area contributed by atoms with Gasteiger partial charge < -0.3 is 44.2 Å². The van der Waals surface area contributed by atoms with Crippen molar-refractivity contribution in [1.82, 2.24) is 9.55 Å². The fourth-order valence-electron chi connectivity index (χ4n) is 9.09. The number of hydrogen-bond acceptors (Lipinski definition) is 12. The van der Waals surface area contributed by atoms with Crippen molar-refractivity contribution in [2.75, 3.05) is 25.1 Å². The minimum absolute atomic E-state index is 0.0200. The predicted octanol–water partition coefficient (Wildman–Crippen LogP) is 15.0. The van der Waals surface area contributed by atoms with Gasteiger partial charge in [-0.2, -0.15) is 0 Å². The number of fused-ring (bicyclic) bond motifs is 1. The minimum Gasteiger partial charge on any atom is -0.486 e. The number of aromatic nitrogens is 2. The summed E-state index contributed by atoms with van der Waals surface area (Å²) >= 11 is 11.6. The van der Waals surface area contributed by atoms with Gasteiger partial charge in [-0.05, 0) is 151 Å². The Morgan fingerprint density at radius 2 is 1.04 bits per heavy atom. The van der Waals surface area contributed by atoms with E-state index in [1.807, 2.05) is 0 Å². The summed E-state index contributed by atoms with van der Waals surface area (Å²) in [5.74, 6) is -6.66. The topological polar surface area (TPSA) is 213 Å². The van der Waals surface area contributed by atoms with Crippen LogP contribution in [0.2, 0.25) is 10.0 Å². The highest BCUT2D eigenvalue weighted by Gasteiger charge is 2.22. The quantitative estimate of drug-likeness (QED) is 0.0367. The van der Waals surface area contributed by atoms with Crippen LogP contribution in [0, 0.1) is 34.9 Å². The van der Waals surface area contributed by atoms with E-state index in [0.717, 1.165) is 19.1 Å². The first-order chi connectivity index (χ1) is 43.6. The zero-order valence-corrected chi connectivity index (χ0v) is 51.7. The van der Waals surface area contributed by atoms with Crippen LogP contribution < -0.4 is 14.8 Å². The predicted molar refractivity (Wildman–Crippen MR) is 334 cm³/mol. The number of carboxylic acid groups (broad SMARTS) is 2. The molecular weight excluding hydrogens is 1250 g/mol. The number of hydrogen-bond donors (Lipinski definition) is 4. The third-order valence-electron chi connectivity index (χ3n) is 13.4. The van der Waals surface area contributed by atoms with Gasteiger partial charge >= 0.3 is 17.9 Å². The first-order valence-electron chi connectivity index (χ1n) is 28.2. The zero-order valence-electron chi connectivity index (χ0n) is 50.2. The lowest BCUT2D eigenvalue weighted by molar-refractivity contribution is -0.141. The maximum Gasteiger partial charge on any atom is 0.338 e. The molecule has 0 spiro atoms. The van der Waals surface area contributed by atoms with Crippen LogP contribution in [0.1, 0.15) is 89.0 Å². The molecule has 480 valence electrons. The summed E-state index contributed by atoms with van der Waals surface area (Å²) < 4.78 is 111. The molecule has 9 aromatic rings. The molecule has 0 fully saturated rings. The molecule has 0 aliphatic rings. The lowest BCUT2D eigenvalue weighted by Gasteiger charge is -2.20. The molecule has 0 radical (unpaired) electrons. The van der Waals surface area contributed by atoms with Crippen LogP contribution in [0.4, 0.5) is 32.0 Å². The van der Waals surface area contributed by atoms with E-state index in [4.69, 9.17) is 52.1 Å². The van der Waals surface area contributed by atoms with Gasteiger partial charge in [-0.25, -0.2) is 40.9 Å². The molecule has 0 atom stereocenters. The summed E-state index contributed by atoms with van der Waals surface area (Å²) in [6, 6.07) is 34.4. The molecular formula is C69H61Cl2F6N3O12. The first kappa shape index (κ1) is 69.8. The number of aliphatic hydroxyl groups is 1. The Hall–Kier alpha value is -9.70. The Morgan fingerprint density at radius 3 is 1.54 bits per heavy atom. The van der Waals surface area contributed by atoms with E-state index in [1.54, 1.807) is 67.8 Å². The monoisotopic (exact) mass is 1310 g/mol. The number of Topliss-reactive ketones (excluding diaryl/α,β-unsaturated/α-hetero) is 1. The number of imidazole rings is 1. The van der Waals surface area contributed by atoms with Crippen LogP contribution >= 0.6 is 23.2 Å². The lowest BCUT2D eigenvalue weighted by Crippen LogP contribution is -2.24. The fraction of sp³-hybridized carbons (Fsp3) is 0.217. The summed E-state index contributed by atoms with van der Waals surface area (Å²) in [6.07, 6.45) is -0.173. The molecule has 0 saturated heterocycles. The number of carbonyl (C=O) groups is 5. The molecule has 8 aromatic carbocycles. The number of carboxylic acids is 2. The molecule has 0 aliphatic heterocycles. The third kappa shape index (κ3) is 19.9. The summed E-state index contributed by atoms with van der Waals surface area (Å²) in [5, 5.41) is 29.6. The number of aliphatic carboxylic acids is 1. The summed E-state index contributed by atoms with van der Waals surface area (Å²) in [4.78, 5) is 61.9. The molecule has 92 heavy (non-hydrogen) atoms. The normalized spacial score (nSPS) is 11.0. The van der Waals surface area contributed by atoms with Gasteiger partial charge in [0.05, 0.1) is 35.3 Å². The highest BCUT2D eigenvalue weighted by Crippen LogP contribution is 2.33. The summed E-state index contributed by atoms with van der Waals surface area (Å²) in [5.41, 5.74) is 4.46. The second-order valence-corrected chi connectivity index (χ2v) is 22.5. The molecule has 23 heteroatoms. The van der Waals surface area contributed by atoms with Gasteiger partial charge in [0.25, 0.3) is 5.97 Å². The highest BCUT2D eigenvalue weighted by atomic mass is 35.5. The van der Waals surface area contributed by atoms with Gasteiger partial charge in [-0.15, -0.1) is 0 Å². The number of rotatable bonds is 22. The van der Waals surface area contributed by atoms with Crippen molar-refractivity contribution in [3.8, 4) is 33.8 Å². The standard InChI is InChI=1S/C35H33ClF3NO5.C32H24ClF3N2O5.C2H4O2/c1-35(2,3)45-34(43)25-7-6-24(32(17-25)40-12-13-41)15-28(42)14-23-5-4-21(16-30(23)38)22-9-11-29(37)33(18-22)44-20-26-8-10-27(36)19-31(26)39;1-18(39)42-11-10-38-29-13-22(32(40)41)6-9-28(29)37-31(38)15-21-3-2-19(12-26(21)35)20-5-8-25(34)30(14-20)43-17-23-4-7-24(33)16-27(23)36;1-2(3)4/h4-11,16-19,40-41H,12-15,20H2,1-3H3;2-9,12-14,16H,10-11,15,17H2,1H3,(H,40,41);1H3,(H,3,4). The molecule has 0 bridgehead atoms. The number of carbonyl (C=O) groups excluding carboxylic acids is 3. The Balaban J connectivity index is 0.000000247. The Kier molecular flexibility index (Phi) is 24.2. The van der Waals surface area contributed by atoms with Gasteiger partial charge in [0.2, 0.25) is 0 Å². The van der Waals surface area contributed by atoms with Gasteiger partial charge in [0.1, 0.15) is 60.3 Å². The van der Waals surface area contributed by atoms with E-state index in [0.29, 0.717) is 55.9 Å². The van der Waals surface area contributed by atoms with Crippen LogP contribution in [0.5, 0.6) is 11.5 Å². The molecule has 4 N–H and O–H groups in total. The van der Waals surface area contributed by atoms with Crippen LogP contribution in [0.15, 0.2) is 146 Å². The van der Waals surface area contributed by atoms with Crippen LogP contribution in [0.3, 0.4) is 0 Å². The van der Waals surface area contributed by atoms with E-state index < -0.39 is 64.4 Å². The number of nitrogens with zero attached hydrogens (tertiary/aromatic N) is 2. The van der Waals surface area contributed by atoms with E-state index in [9.17, 15) is 47.0 Å². The zero-order chi connectivity index (χ0) is 67.0. The number of ether oxygens (including phenoxy) is 4. The van der Waals surface area contributed by atoms with Crippen molar-refractivity contribution in [2.24, 2.45) is 0 Å². The Bertz CT molecular complexity index is 4190. The van der Waals surface area contributed by atoms with Crippen molar-refractivity contribution in [1.29, 1.82) is 0 Å². The maximum absolute atomic E-state index is 15.4. The molecule has 0 amide bonds. The van der Waals surface area contributed by atoms with E-state index in [-0.39, 0.29) is 114 Å². The maximum atomic E-state index is 15.4. The molecule has 1 aromatic heterocycles. The molecule has 0 unspecified atom stereocenters. The highest BCUT2D eigenvalue weighted by molar-refractivity contribution is 6.30. The van der Waals surface area contributed by atoms with Crippen molar-refractivity contribution in [3.05, 3.63) is 235 Å². The van der Waals surface area contributed by atoms with Gasteiger partial charge in [0.15, 0.2) is 23.1 Å². The van der Waals surface area contributed by atoms with Crippen molar-refractivity contribution in [3.63, 3.8) is 0 Å². The minimum atomic E-state index is -1.11. The van der Waals surface area contributed by atoms with Gasteiger partial charge in [-0.3, -0.25) is 14.4 Å². The van der Waals surface area contributed by atoms with E-state index in [1.165, 1.54) is 97.9 Å². The van der Waals surface area contributed by atoms with Gasteiger partial charge in [0, 0.05) is 66.5 Å². The van der Waals surface area contributed by atoms with Gasteiger partial charge in [-0.1, -0.05) is 77.8 Å². The fourth-order valence-corrected chi connectivity index (χ4v) is 9.41. The van der Waals surface area contributed by atoms with E-state index >= 15 is 8.78 Å². The van der Waals surface area contributed by atoms with Crippen molar-refractivity contribution in [2.45, 2.75) is 79.2 Å². The third-order valence-corrected chi connectivity index (χ3v) is 13.9. The van der Waals surface area contributed by atoms with E-state index in [2.05, 4.69) is 10.3 Å². The largest absolute Gasteiger partial charge is 0.486 e. The molecule has 1 heterocycles.